The summed E-state index contributed by atoms with van der Waals surface area (Å²) >= 11 is 0. The molecule has 11 N–H and O–H groups in total. The normalized spacial score (nSPS) is 14.1. The fourth-order valence-corrected chi connectivity index (χ4v) is 5.59. The average molecular weight is 696 g/mol. The number of carboxylic acids is 1. The number of hydrogen-bond acceptors (Lipinski definition) is 9. The molecule has 270 valence electrons. The molecule has 0 fully saturated rings. The second kappa shape index (κ2) is 18.9. The van der Waals surface area contributed by atoms with Crippen LogP contribution in [0.4, 0.5) is 4.79 Å². The van der Waals surface area contributed by atoms with E-state index in [0.717, 1.165) is 22.3 Å². The van der Waals surface area contributed by atoms with Crippen molar-refractivity contribution >= 4 is 41.6 Å². The van der Waals surface area contributed by atoms with Crippen molar-refractivity contribution in [3.8, 4) is 11.1 Å². The number of unbranched alkanes of at least 4 members (excludes halogenated alkanes) is 1. The van der Waals surface area contributed by atoms with Crippen LogP contribution >= 0.6 is 0 Å². The van der Waals surface area contributed by atoms with Crippen LogP contribution in [0.3, 0.4) is 0 Å². The summed E-state index contributed by atoms with van der Waals surface area (Å²) in [5.74, 6) is -5.69. The second-order valence-corrected chi connectivity index (χ2v) is 12.0. The predicted molar refractivity (Wildman–Crippen MR) is 181 cm³/mol. The Balaban J connectivity index is 1.64. The number of ether oxygens (including phenoxy) is 1. The van der Waals surface area contributed by atoms with E-state index in [1.165, 1.54) is 6.92 Å². The number of primary amides is 2. The lowest BCUT2D eigenvalue weighted by molar-refractivity contribution is -0.138. The van der Waals surface area contributed by atoms with Crippen molar-refractivity contribution in [2.24, 2.45) is 17.2 Å². The number of benzene rings is 2. The number of carbonyl (C=O) groups excluding carboxylic acids is 6. The first-order valence-corrected chi connectivity index (χ1v) is 16.3. The highest BCUT2D eigenvalue weighted by Crippen LogP contribution is 2.44. The number of alkyl carbamates (subject to hydrolysis) is 1. The highest BCUT2D eigenvalue weighted by Gasteiger charge is 2.32. The minimum atomic E-state index is -1.47. The Labute approximate surface area is 289 Å². The van der Waals surface area contributed by atoms with Crippen LogP contribution in [0.5, 0.6) is 0 Å². The maximum atomic E-state index is 13.3. The zero-order valence-electron chi connectivity index (χ0n) is 27.8. The Morgan fingerprint density at radius 2 is 1.24 bits per heavy atom. The van der Waals surface area contributed by atoms with Gasteiger partial charge in [0.15, 0.2) is 0 Å². The lowest BCUT2D eigenvalue weighted by atomic mass is 9.98. The summed E-state index contributed by atoms with van der Waals surface area (Å²) in [5.41, 5.74) is 20.2. The molecule has 0 saturated heterocycles. The molecular weight excluding hydrogens is 650 g/mol. The van der Waals surface area contributed by atoms with Crippen molar-refractivity contribution in [3.63, 3.8) is 0 Å². The Morgan fingerprint density at radius 3 is 1.76 bits per heavy atom. The molecule has 0 saturated carbocycles. The number of amides is 6. The first kappa shape index (κ1) is 38.9. The van der Waals surface area contributed by atoms with Crippen LogP contribution in [0, 0.1) is 0 Å². The fourth-order valence-electron chi connectivity index (χ4n) is 5.59. The molecule has 16 nitrogen and oxygen atoms in total. The van der Waals surface area contributed by atoms with E-state index in [4.69, 9.17) is 21.9 Å². The molecule has 0 spiro atoms. The van der Waals surface area contributed by atoms with Crippen LogP contribution in [-0.2, 0) is 33.5 Å². The molecule has 0 radical (unpaired) electrons. The number of fused-ring (bicyclic) bond motifs is 3. The second-order valence-electron chi connectivity index (χ2n) is 12.0. The first-order chi connectivity index (χ1) is 23.8. The molecule has 0 heterocycles. The zero-order valence-corrected chi connectivity index (χ0v) is 27.8. The SMILES string of the molecule is C[C@H](NC(=O)OCC1c2ccccc2-c2ccccc21)C(=O)N[C@@H](CCC(=O)O)C(=O)N[C@@H](CCC(N)=O)C(=O)N[C@@H](CCCCN)C(N)=O. The van der Waals surface area contributed by atoms with Gasteiger partial charge in [-0.25, -0.2) is 4.79 Å². The average Bonchev–Trinajstić information content (AvgIpc) is 3.39. The van der Waals surface area contributed by atoms with Crippen LogP contribution in [0.15, 0.2) is 48.5 Å². The van der Waals surface area contributed by atoms with Crippen molar-refractivity contribution < 1.29 is 43.4 Å². The van der Waals surface area contributed by atoms with Crippen molar-refractivity contribution in [1.82, 2.24) is 21.3 Å². The van der Waals surface area contributed by atoms with E-state index in [1.54, 1.807) is 0 Å². The molecule has 0 aromatic heterocycles. The molecule has 4 atom stereocenters. The van der Waals surface area contributed by atoms with Crippen molar-refractivity contribution in [1.29, 1.82) is 0 Å². The maximum absolute atomic E-state index is 13.3. The summed E-state index contributed by atoms with van der Waals surface area (Å²) in [7, 11) is 0. The molecule has 50 heavy (non-hydrogen) atoms. The summed E-state index contributed by atoms with van der Waals surface area (Å²) in [6.45, 7) is 1.71. The van der Waals surface area contributed by atoms with Crippen LogP contribution in [0.1, 0.15) is 68.9 Å². The smallest absolute Gasteiger partial charge is 0.407 e. The minimum Gasteiger partial charge on any atom is -0.481 e. The van der Waals surface area contributed by atoms with Crippen LogP contribution < -0.4 is 38.5 Å². The quantitative estimate of drug-likeness (QED) is 0.0866. The number of nitrogens with one attached hydrogen (secondary N) is 4. The van der Waals surface area contributed by atoms with Crippen molar-refractivity contribution in [3.05, 3.63) is 59.7 Å². The van der Waals surface area contributed by atoms with Gasteiger partial charge < -0.3 is 48.3 Å². The number of hydrogen-bond donors (Lipinski definition) is 8. The van der Waals surface area contributed by atoms with Gasteiger partial charge in [0.1, 0.15) is 30.8 Å². The van der Waals surface area contributed by atoms with Crippen LogP contribution in [-0.4, -0.2) is 84.0 Å². The zero-order chi connectivity index (χ0) is 36.8. The van der Waals surface area contributed by atoms with Gasteiger partial charge in [0.25, 0.3) is 0 Å². The molecule has 2 aromatic carbocycles. The number of carboxylic acid groups (broad SMARTS) is 1. The van der Waals surface area contributed by atoms with E-state index in [0.29, 0.717) is 19.4 Å². The standard InChI is InChI=1S/C34H45N7O9/c1-19(38-34(49)50-18-24-22-10-4-2-8-20(22)21-9-3-5-11-23(21)24)31(46)40-27(14-16-29(43)44)33(48)41-26(13-15-28(36)42)32(47)39-25(30(37)45)12-6-7-17-35/h2-5,8-11,19,24-27H,6-7,12-18,35H2,1H3,(H2,36,42)(H2,37,45)(H,38,49)(H,39,47)(H,40,46)(H,41,48)(H,43,44)/t19-,25-,26-,27-/m0/s1. The summed E-state index contributed by atoms with van der Waals surface area (Å²) in [6.07, 6.45) is -1.15. The predicted octanol–water partition coefficient (Wildman–Crippen LogP) is 0.113. The van der Waals surface area contributed by atoms with E-state index >= 15 is 0 Å². The molecule has 0 unspecified atom stereocenters. The third-order valence-electron chi connectivity index (χ3n) is 8.27. The highest BCUT2D eigenvalue weighted by atomic mass is 16.5. The molecule has 0 aliphatic heterocycles. The van der Waals surface area contributed by atoms with Gasteiger partial charge in [-0.1, -0.05) is 48.5 Å². The van der Waals surface area contributed by atoms with Gasteiger partial charge in [-0.2, -0.15) is 0 Å². The third-order valence-corrected chi connectivity index (χ3v) is 8.27. The highest BCUT2D eigenvalue weighted by molar-refractivity contribution is 5.95. The molecule has 1 aliphatic rings. The molecule has 16 heteroatoms. The van der Waals surface area contributed by atoms with E-state index in [2.05, 4.69) is 21.3 Å². The lowest BCUT2D eigenvalue weighted by Crippen LogP contribution is -2.58. The number of rotatable bonds is 20. The Kier molecular flexibility index (Phi) is 14.7. The number of aliphatic carboxylic acids is 1. The molecule has 6 amide bonds. The Bertz CT molecular complexity index is 1520. The minimum absolute atomic E-state index is 0.00374. The number of nitrogens with two attached hydrogens (primary N) is 3. The molecule has 3 rings (SSSR count). The van der Waals surface area contributed by atoms with Gasteiger partial charge in [-0.05, 0) is 67.8 Å². The lowest BCUT2D eigenvalue weighted by Gasteiger charge is -2.25. The number of carbonyl (C=O) groups is 7. The van der Waals surface area contributed by atoms with E-state index in [1.807, 2.05) is 48.5 Å². The van der Waals surface area contributed by atoms with Crippen LogP contribution in [0.25, 0.3) is 11.1 Å². The van der Waals surface area contributed by atoms with E-state index < -0.39 is 72.2 Å². The summed E-state index contributed by atoms with van der Waals surface area (Å²) in [6, 6.07) is 10.4. The maximum Gasteiger partial charge on any atom is 0.407 e. The van der Waals surface area contributed by atoms with Gasteiger partial charge >= 0.3 is 12.1 Å². The first-order valence-electron chi connectivity index (χ1n) is 16.3. The molecule has 2 aromatic rings. The van der Waals surface area contributed by atoms with Gasteiger partial charge in [0.2, 0.25) is 29.5 Å². The summed E-state index contributed by atoms with van der Waals surface area (Å²) < 4.78 is 5.49. The summed E-state index contributed by atoms with van der Waals surface area (Å²) in [4.78, 5) is 87.1. The van der Waals surface area contributed by atoms with Gasteiger partial charge in [0.05, 0.1) is 0 Å². The van der Waals surface area contributed by atoms with E-state index in [9.17, 15) is 38.7 Å². The third kappa shape index (κ3) is 11.3. The van der Waals surface area contributed by atoms with E-state index in [-0.39, 0.29) is 38.2 Å². The molecule has 0 bridgehead atoms. The van der Waals surface area contributed by atoms with Crippen molar-refractivity contribution in [2.45, 2.75) is 82.0 Å². The van der Waals surface area contributed by atoms with Gasteiger partial charge in [-0.3, -0.25) is 28.8 Å². The van der Waals surface area contributed by atoms with Gasteiger partial charge in [0, 0.05) is 18.8 Å². The fraction of sp³-hybridized carbons (Fsp3) is 0.441. The van der Waals surface area contributed by atoms with Crippen molar-refractivity contribution in [2.75, 3.05) is 13.2 Å². The van der Waals surface area contributed by atoms with Gasteiger partial charge in [-0.15, -0.1) is 0 Å². The molecule has 1 aliphatic carbocycles. The monoisotopic (exact) mass is 695 g/mol. The topological polar surface area (TPSA) is 275 Å². The molecular formula is C34H45N7O9. The van der Waals surface area contributed by atoms with Crippen LogP contribution in [0.2, 0.25) is 0 Å². The summed E-state index contributed by atoms with van der Waals surface area (Å²) in [5, 5.41) is 18.9. The Hall–Kier alpha value is -5.51. The Morgan fingerprint density at radius 1 is 0.720 bits per heavy atom. The largest absolute Gasteiger partial charge is 0.481 e.